The van der Waals surface area contributed by atoms with Gasteiger partial charge in [-0.15, -0.1) is 0 Å². The number of carbonyl (C=O) groups is 2. The molecule has 4 rings (SSSR count). The number of imide groups is 1. The number of rotatable bonds is 5. The van der Waals surface area contributed by atoms with Crippen LogP contribution in [0.3, 0.4) is 0 Å². The number of hydrogen-bond donors (Lipinski definition) is 1. The van der Waals surface area contributed by atoms with Crippen molar-refractivity contribution in [2.75, 3.05) is 6.73 Å². The monoisotopic (exact) mass is 383 g/mol. The van der Waals surface area contributed by atoms with E-state index in [-0.39, 0.29) is 18.7 Å². The summed E-state index contributed by atoms with van der Waals surface area (Å²) in [6.45, 7) is 0.531. The molecule has 0 radical (unpaired) electrons. The topological polar surface area (TPSA) is 71.0 Å². The molecule has 0 aromatic heterocycles. The van der Waals surface area contributed by atoms with E-state index in [1.807, 2.05) is 30.3 Å². The van der Waals surface area contributed by atoms with Crippen LogP contribution in [0.15, 0.2) is 35.3 Å². The maximum absolute atomic E-state index is 12.8. The maximum Gasteiger partial charge on any atom is 0.331 e. The number of benzene rings is 1. The summed E-state index contributed by atoms with van der Waals surface area (Å²) < 4.78 is 5.86. The molecule has 1 heterocycles. The van der Waals surface area contributed by atoms with Gasteiger partial charge in [0.25, 0.3) is 0 Å². The van der Waals surface area contributed by atoms with E-state index in [1.54, 1.807) is 4.90 Å². The molecule has 0 unspecified atom stereocenters. The molecule has 1 N–H and O–H groups in total. The Hall–Kier alpha value is -2.21. The second-order valence-electron chi connectivity index (χ2n) is 8.18. The van der Waals surface area contributed by atoms with Crippen molar-refractivity contribution in [3.63, 3.8) is 0 Å². The number of urea groups is 1. The van der Waals surface area contributed by atoms with Crippen molar-refractivity contribution in [3.8, 4) is 0 Å². The van der Waals surface area contributed by atoms with E-state index in [4.69, 9.17) is 9.73 Å². The molecule has 3 amide bonds. The fourth-order valence-corrected chi connectivity index (χ4v) is 4.69. The molecular weight excluding hydrogens is 354 g/mol. The van der Waals surface area contributed by atoms with Gasteiger partial charge in [0.15, 0.2) is 0 Å². The first kappa shape index (κ1) is 19.1. The van der Waals surface area contributed by atoms with E-state index in [2.05, 4.69) is 5.32 Å². The van der Waals surface area contributed by atoms with Crippen molar-refractivity contribution in [2.24, 2.45) is 10.4 Å². The smallest absolute Gasteiger partial charge is 0.331 e. The van der Waals surface area contributed by atoms with Crippen LogP contribution in [-0.4, -0.2) is 35.4 Å². The van der Waals surface area contributed by atoms with E-state index < -0.39 is 11.4 Å². The summed E-state index contributed by atoms with van der Waals surface area (Å²) in [6.07, 6.45) is 9.14. The molecule has 3 fully saturated rings. The van der Waals surface area contributed by atoms with Crippen LogP contribution < -0.4 is 5.32 Å². The van der Waals surface area contributed by atoms with Crippen LogP contribution in [0.4, 0.5) is 4.79 Å². The van der Waals surface area contributed by atoms with Gasteiger partial charge in [0, 0.05) is 0 Å². The molecule has 0 bridgehead atoms. The standard InChI is InChI=1S/C22H29N3O3/c26-20-22(13-7-8-14-22)19(23-18-11-5-2-6-12-18)25(21(27)24-20)16-28-15-17-9-3-1-4-10-17/h1,3-4,9-10,18H,2,5-8,11-16H2,(H,24,26,27). The van der Waals surface area contributed by atoms with Gasteiger partial charge in [-0.25, -0.2) is 4.79 Å². The number of amidine groups is 1. The first-order valence-corrected chi connectivity index (χ1v) is 10.5. The number of carbonyl (C=O) groups excluding carboxylic acids is 2. The Morgan fingerprint density at radius 2 is 1.75 bits per heavy atom. The minimum Gasteiger partial charge on any atom is -0.356 e. The first-order chi connectivity index (χ1) is 13.7. The fraction of sp³-hybridized carbons (Fsp3) is 0.591. The fourth-order valence-electron chi connectivity index (χ4n) is 4.69. The molecule has 1 aromatic rings. The lowest BCUT2D eigenvalue weighted by molar-refractivity contribution is -0.127. The van der Waals surface area contributed by atoms with Crippen molar-refractivity contribution in [1.82, 2.24) is 10.2 Å². The SMILES string of the molecule is O=C1NC(=O)C2(CCCC2)C(=NC2CCCCC2)N1COCc1ccccc1. The second-order valence-corrected chi connectivity index (χ2v) is 8.18. The van der Waals surface area contributed by atoms with Crippen LogP contribution in [0.1, 0.15) is 63.4 Å². The maximum atomic E-state index is 12.8. The van der Waals surface area contributed by atoms with E-state index in [1.165, 1.54) is 19.3 Å². The highest BCUT2D eigenvalue weighted by atomic mass is 16.5. The summed E-state index contributed by atoms with van der Waals surface area (Å²) in [4.78, 5) is 32.1. The lowest BCUT2D eigenvalue weighted by atomic mass is 9.81. The minimum atomic E-state index is -0.665. The Morgan fingerprint density at radius 3 is 2.46 bits per heavy atom. The summed E-state index contributed by atoms with van der Waals surface area (Å²) in [5, 5.41) is 2.57. The van der Waals surface area contributed by atoms with Gasteiger partial charge in [0.2, 0.25) is 5.91 Å². The molecule has 6 nitrogen and oxygen atoms in total. The van der Waals surface area contributed by atoms with Crippen LogP contribution in [0.2, 0.25) is 0 Å². The van der Waals surface area contributed by atoms with Gasteiger partial charge in [-0.2, -0.15) is 0 Å². The summed E-state index contributed by atoms with van der Waals surface area (Å²) >= 11 is 0. The molecule has 1 spiro atoms. The highest BCUT2D eigenvalue weighted by Gasteiger charge is 2.53. The van der Waals surface area contributed by atoms with Gasteiger partial charge in [-0.3, -0.25) is 20.0 Å². The molecule has 28 heavy (non-hydrogen) atoms. The number of ether oxygens (including phenoxy) is 1. The third kappa shape index (κ3) is 3.83. The van der Waals surface area contributed by atoms with Crippen LogP contribution in [0, 0.1) is 5.41 Å². The van der Waals surface area contributed by atoms with Gasteiger partial charge in [0.1, 0.15) is 18.0 Å². The van der Waals surface area contributed by atoms with Gasteiger partial charge in [-0.05, 0) is 31.2 Å². The number of amides is 3. The molecule has 6 heteroatoms. The number of nitrogens with zero attached hydrogens (tertiary/aromatic N) is 2. The molecule has 2 aliphatic carbocycles. The zero-order valence-electron chi connectivity index (χ0n) is 16.4. The number of hydrogen-bond acceptors (Lipinski definition) is 4. The van der Waals surface area contributed by atoms with Crippen molar-refractivity contribution in [3.05, 3.63) is 35.9 Å². The number of nitrogens with one attached hydrogen (secondary N) is 1. The summed E-state index contributed by atoms with van der Waals surface area (Å²) in [5.74, 6) is 0.475. The quantitative estimate of drug-likeness (QED) is 0.835. The minimum absolute atomic E-state index is 0.112. The average Bonchev–Trinajstić information content (AvgIpc) is 3.21. The number of aliphatic imine (C=N–C) groups is 1. The Labute approximate surface area is 166 Å². The Morgan fingerprint density at radius 1 is 1.04 bits per heavy atom. The molecule has 1 aliphatic heterocycles. The summed E-state index contributed by atoms with van der Waals surface area (Å²) in [6, 6.07) is 9.68. The third-order valence-corrected chi connectivity index (χ3v) is 6.25. The zero-order valence-corrected chi connectivity index (χ0v) is 16.4. The van der Waals surface area contributed by atoms with Crippen LogP contribution in [0.25, 0.3) is 0 Å². The Bertz CT molecular complexity index is 735. The summed E-state index contributed by atoms with van der Waals surface area (Å²) in [5.41, 5.74) is 0.388. The molecule has 2 saturated carbocycles. The van der Waals surface area contributed by atoms with E-state index in [0.29, 0.717) is 12.4 Å². The zero-order chi connectivity index (χ0) is 19.4. The van der Waals surface area contributed by atoms with Crippen molar-refractivity contribution >= 4 is 17.8 Å². The predicted octanol–water partition coefficient (Wildman–Crippen LogP) is 4.00. The Kier molecular flexibility index (Phi) is 5.76. The highest BCUT2D eigenvalue weighted by molar-refractivity contribution is 6.21. The molecular formula is C22H29N3O3. The molecule has 150 valence electrons. The largest absolute Gasteiger partial charge is 0.356 e. The lowest BCUT2D eigenvalue weighted by Crippen LogP contribution is -2.63. The first-order valence-electron chi connectivity index (χ1n) is 10.5. The second kappa shape index (κ2) is 8.43. The molecule has 3 aliphatic rings. The van der Waals surface area contributed by atoms with Crippen LogP contribution >= 0.6 is 0 Å². The van der Waals surface area contributed by atoms with E-state index in [9.17, 15) is 9.59 Å². The molecule has 0 atom stereocenters. The van der Waals surface area contributed by atoms with Crippen LogP contribution in [0.5, 0.6) is 0 Å². The highest BCUT2D eigenvalue weighted by Crippen LogP contribution is 2.43. The third-order valence-electron chi connectivity index (χ3n) is 6.25. The van der Waals surface area contributed by atoms with Gasteiger partial charge in [-0.1, -0.05) is 62.4 Å². The van der Waals surface area contributed by atoms with Gasteiger partial charge < -0.3 is 4.74 Å². The van der Waals surface area contributed by atoms with Crippen LogP contribution in [-0.2, 0) is 16.1 Å². The van der Waals surface area contributed by atoms with Crippen molar-refractivity contribution < 1.29 is 14.3 Å². The van der Waals surface area contributed by atoms with Gasteiger partial charge >= 0.3 is 6.03 Å². The normalized spacial score (nSPS) is 24.1. The van der Waals surface area contributed by atoms with Crippen molar-refractivity contribution in [2.45, 2.75) is 70.4 Å². The molecule has 1 aromatic carbocycles. The Balaban J connectivity index is 1.56. The summed E-state index contributed by atoms with van der Waals surface area (Å²) in [7, 11) is 0. The van der Waals surface area contributed by atoms with E-state index in [0.717, 1.165) is 44.1 Å². The van der Waals surface area contributed by atoms with Crippen molar-refractivity contribution in [1.29, 1.82) is 0 Å². The van der Waals surface area contributed by atoms with Gasteiger partial charge in [0.05, 0.1) is 12.6 Å². The predicted molar refractivity (Wildman–Crippen MR) is 107 cm³/mol. The average molecular weight is 383 g/mol. The molecule has 1 saturated heterocycles. The van der Waals surface area contributed by atoms with E-state index >= 15 is 0 Å². The lowest BCUT2D eigenvalue weighted by Gasteiger charge is -2.40.